The zero-order valence-corrected chi connectivity index (χ0v) is 15.2. The average Bonchev–Trinajstić information content (AvgIpc) is 2.60. The average molecular weight is 330 g/mol. The summed E-state index contributed by atoms with van der Waals surface area (Å²) >= 11 is 0. The van der Waals surface area contributed by atoms with Crippen molar-refractivity contribution in [1.29, 1.82) is 0 Å². The van der Waals surface area contributed by atoms with Gasteiger partial charge < -0.3 is 0 Å². The lowest BCUT2D eigenvalue weighted by Gasteiger charge is -2.26. The molecule has 24 heavy (non-hydrogen) atoms. The van der Waals surface area contributed by atoms with Gasteiger partial charge in [0.1, 0.15) is 11.6 Å². The molecule has 0 atom stereocenters. The first kappa shape index (κ1) is 18.6. The summed E-state index contributed by atoms with van der Waals surface area (Å²) in [6.45, 7) is 7.99. The van der Waals surface area contributed by atoms with E-state index in [0.29, 0.717) is 22.6 Å². The summed E-state index contributed by atoms with van der Waals surface area (Å²) in [5, 5.41) is 0. The number of hydrogen-bond acceptors (Lipinski definition) is 0. The van der Waals surface area contributed by atoms with Gasteiger partial charge in [-0.15, -0.1) is 0 Å². The summed E-state index contributed by atoms with van der Waals surface area (Å²) in [6.07, 6.45) is 4.71. The van der Waals surface area contributed by atoms with Crippen LogP contribution in [0.4, 0.5) is 8.78 Å². The zero-order valence-electron chi connectivity index (χ0n) is 15.2. The molecule has 0 N–H and O–H groups in total. The highest BCUT2D eigenvalue weighted by atomic mass is 19.1. The molecule has 1 aliphatic carbocycles. The van der Waals surface area contributed by atoms with Crippen molar-refractivity contribution in [2.75, 3.05) is 0 Å². The molecule has 0 heterocycles. The van der Waals surface area contributed by atoms with Crippen LogP contribution < -0.4 is 0 Å². The van der Waals surface area contributed by atoms with Gasteiger partial charge in [-0.05, 0) is 60.4 Å². The fourth-order valence-corrected chi connectivity index (χ4v) is 3.37. The first-order chi connectivity index (χ1) is 11.5. The van der Waals surface area contributed by atoms with Gasteiger partial charge in [-0.3, -0.25) is 0 Å². The highest BCUT2D eigenvalue weighted by Gasteiger charge is 2.20. The van der Waals surface area contributed by atoms with Crippen molar-refractivity contribution in [2.45, 2.75) is 59.3 Å². The molecule has 2 aromatic rings. The number of benzene rings is 2. The molecule has 130 valence electrons. The van der Waals surface area contributed by atoms with Gasteiger partial charge in [-0.1, -0.05) is 57.9 Å². The van der Waals surface area contributed by atoms with Gasteiger partial charge in [-0.2, -0.15) is 0 Å². The predicted octanol–water partition coefficient (Wildman–Crippen LogP) is 7.26. The van der Waals surface area contributed by atoms with Gasteiger partial charge in [0.05, 0.1) is 0 Å². The van der Waals surface area contributed by atoms with Crippen LogP contribution in [0.2, 0.25) is 0 Å². The Balaban J connectivity index is 0.00000100. The van der Waals surface area contributed by atoms with Crippen LogP contribution in [-0.2, 0) is 0 Å². The second kappa shape index (κ2) is 8.41. The topological polar surface area (TPSA) is 0 Å². The van der Waals surface area contributed by atoms with Crippen LogP contribution in [0.1, 0.15) is 63.5 Å². The third kappa shape index (κ3) is 4.23. The molecule has 0 amide bonds. The molecule has 1 saturated carbocycles. The molecule has 0 aliphatic heterocycles. The molecule has 0 saturated heterocycles. The number of rotatable bonds is 2. The fraction of sp³-hybridized carbons (Fsp3) is 0.455. The molecule has 0 unspecified atom stereocenters. The largest absolute Gasteiger partial charge is 0.207 e. The van der Waals surface area contributed by atoms with Crippen LogP contribution in [0.3, 0.4) is 0 Å². The van der Waals surface area contributed by atoms with Crippen LogP contribution in [0.25, 0.3) is 11.1 Å². The quantitative estimate of drug-likeness (QED) is 0.543. The number of aryl methyl sites for hydroxylation is 1. The normalized spacial score (nSPS) is 20.2. The highest BCUT2D eigenvalue weighted by Crippen LogP contribution is 2.37. The predicted molar refractivity (Wildman–Crippen MR) is 98.3 cm³/mol. The van der Waals surface area contributed by atoms with Gasteiger partial charge >= 0.3 is 0 Å². The van der Waals surface area contributed by atoms with Gasteiger partial charge in [0.15, 0.2) is 0 Å². The summed E-state index contributed by atoms with van der Waals surface area (Å²) in [6, 6.07) is 10.3. The Morgan fingerprint density at radius 2 is 1.50 bits per heavy atom. The van der Waals surface area contributed by atoms with Crippen molar-refractivity contribution in [2.24, 2.45) is 5.92 Å². The maximum atomic E-state index is 14.5. The molecule has 0 radical (unpaired) electrons. The lowest BCUT2D eigenvalue weighted by Crippen LogP contribution is -2.11. The summed E-state index contributed by atoms with van der Waals surface area (Å²) < 4.78 is 28.2. The number of hydrogen-bond donors (Lipinski definition) is 0. The first-order valence-electron chi connectivity index (χ1n) is 9.10. The summed E-state index contributed by atoms with van der Waals surface area (Å²) in [5.41, 5.74) is 2.74. The SMILES string of the molecule is CC.Cc1ccc(-c2ccc(C3CCC(C)CC3)cc2F)cc1F. The minimum atomic E-state index is -0.290. The lowest BCUT2D eigenvalue weighted by atomic mass is 9.79. The van der Waals surface area contributed by atoms with Crippen molar-refractivity contribution in [1.82, 2.24) is 0 Å². The van der Waals surface area contributed by atoms with Crippen molar-refractivity contribution in [3.8, 4) is 11.1 Å². The van der Waals surface area contributed by atoms with Gasteiger partial charge in [0.25, 0.3) is 0 Å². The molecular formula is C22H28F2. The second-order valence-electron chi connectivity index (χ2n) is 6.66. The Morgan fingerprint density at radius 3 is 2.08 bits per heavy atom. The van der Waals surface area contributed by atoms with Gasteiger partial charge in [-0.25, -0.2) is 8.78 Å². The molecule has 0 nitrogen and oxygen atoms in total. The van der Waals surface area contributed by atoms with E-state index in [1.54, 1.807) is 31.2 Å². The Labute approximate surface area is 144 Å². The van der Waals surface area contributed by atoms with E-state index in [0.717, 1.165) is 24.3 Å². The van der Waals surface area contributed by atoms with Crippen molar-refractivity contribution in [3.63, 3.8) is 0 Å². The van der Waals surface area contributed by atoms with Crippen molar-refractivity contribution < 1.29 is 8.78 Å². The van der Waals surface area contributed by atoms with E-state index >= 15 is 0 Å². The summed E-state index contributed by atoms with van der Waals surface area (Å²) in [4.78, 5) is 0. The van der Waals surface area contributed by atoms with E-state index in [-0.39, 0.29) is 11.6 Å². The molecular weight excluding hydrogens is 302 g/mol. The third-order valence-corrected chi connectivity index (χ3v) is 4.96. The maximum absolute atomic E-state index is 14.5. The molecule has 3 rings (SSSR count). The zero-order chi connectivity index (χ0) is 17.7. The lowest BCUT2D eigenvalue weighted by molar-refractivity contribution is 0.347. The smallest absolute Gasteiger partial charge is 0.131 e. The van der Waals surface area contributed by atoms with Crippen molar-refractivity contribution >= 4 is 0 Å². The maximum Gasteiger partial charge on any atom is 0.131 e. The number of halogens is 2. The summed E-state index contributed by atoms with van der Waals surface area (Å²) in [5.74, 6) is 0.715. The Kier molecular flexibility index (Phi) is 6.53. The van der Waals surface area contributed by atoms with Crippen LogP contribution in [-0.4, -0.2) is 0 Å². The van der Waals surface area contributed by atoms with Crippen LogP contribution in [0.5, 0.6) is 0 Å². The van der Waals surface area contributed by atoms with Crippen molar-refractivity contribution in [3.05, 3.63) is 59.2 Å². The molecule has 0 bridgehead atoms. The van der Waals surface area contributed by atoms with E-state index in [2.05, 4.69) is 6.92 Å². The van der Waals surface area contributed by atoms with E-state index in [9.17, 15) is 8.78 Å². The first-order valence-corrected chi connectivity index (χ1v) is 9.10. The molecule has 1 fully saturated rings. The van der Waals surface area contributed by atoms with E-state index < -0.39 is 0 Å². The Morgan fingerprint density at radius 1 is 0.833 bits per heavy atom. The fourth-order valence-electron chi connectivity index (χ4n) is 3.37. The van der Waals surface area contributed by atoms with Crippen LogP contribution >= 0.6 is 0 Å². The minimum Gasteiger partial charge on any atom is -0.207 e. The molecule has 0 spiro atoms. The molecule has 2 heteroatoms. The van der Waals surface area contributed by atoms with Crippen LogP contribution in [0.15, 0.2) is 36.4 Å². The van der Waals surface area contributed by atoms with Crippen LogP contribution in [0, 0.1) is 24.5 Å². The van der Waals surface area contributed by atoms with E-state index in [1.165, 1.54) is 18.9 Å². The molecule has 2 aromatic carbocycles. The molecule has 1 aliphatic rings. The van der Waals surface area contributed by atoms with E-state index in [1.807, 2.05) is 19.9 Å². The minimum absolute atomic E-state index is 0.251. The van der Waals surface area contributed by atoms with Gasteiger partial charge in [0, 0.05) is 5.56 Å². The third-order valence-electron chi connectivity index (χ3n) is 4.96. The molecule has 0 aromatic heterocycles. The van der Waals surface area contributed by atoms with E-state index in [4.69, 9.17) is 0 Å². The van der Waals surface area contributed by atoms with Gasteiger partial charge in [0.2, 0.25) is 0 Å². The monoisotopic (exact) mass is 330 g/mol. The summed E-state index contributed by atoms with van der Waals surface area (Å²) in [7, 11) is 0. The second-order valence-corrected chi connectivity index (χ2v) is 6.66. The Bertz CT molecular complexity index is 668. The Hall–Kier alpha value is -1.70. The standard InChI is InChI=1S/C20H22F2.C2H6/c1-13-3-6-15(7-4-13)16-9-10-18(20(22)11-16)17-8-5-14(2)19(21)12-17;1-2/h5,8-13,15H,3-4,6-7H2,1-2H3;1-2H3. The highest BCUT2D eigenvalue weighted by molar-refractivity contribution is 5.65.